The Morgan fingerprint density at radius 2 is 1.72 bits per heavy atom. The van der Waals surface area contributed by atoms with Crippen molar-refractivity contribution in [2.24, 2.45) is 0 Å². The van der Waals surface area contributed by atoms with Crippen LogP contribution in [-0.4, -0.2) is 28.2 Å². The highest BCUT2D eigenvalue weighted by atomic mass is 79.9. The van der Waals surface area contributed by atoms with Crippen LogP contribution in [0, 0.1) is 20.8 Å². The van der Waals surface area contributed by atoms with E-state index in [4.69, 9.17) is 0 Å². The Morgan fingerprint density at radius 3 is 2.48 bits per heavy atom. The van der Waals surface area contributed by atoms with E-state index in [1.54, 1.807) is 47.8 Å². The molecule has 2 aromatic carbocycles. The van der Waals surface area contributed by atoms with Gasteiger partial charge in [-0.15, -0.1) is 10.2 Å². The van der Waals surface area contributed by atoms with E-state index in [1.165, 1.54) is 0 Å². The predicted molar refractivity (Wildman–Crippen MR) is 115 cm³/mol. The molecule has 29 heavy (non-hydrogen) atoms. The molecule has 0 unspecified atom stereocenters. The number of fused-ring (bicyclic) bond motifs is 1. The fraction of sp³-hybridized carbons (Fsp3) is 0.150. The topological polar surface area (TPSA) is 89.2 Å². The van der Waals surface area contributed by atoms with Crippen LogP contribution in [0.25, 0.3) is 16.9 Å². The third kappa shape index (κ3) is 3.75. The second kappa shape index (κ2) is 7.23. The molecule has 2 aromatic heterocycles. The molecule has 2 heterocycles. The van der Waals surface area contributed by atoms with Gasteiger partial charge < -0.3 is 0 Å². The Bertz CT molecular complexity index is 1350. The van der Waals surface area contributed by atoms with Crippen molar-refractivity contribution in [1.29, 1.82) is 0 Å². The summed E-state index contributed by atoms with van der Waals surface area (Å²) in [6.45, 7) is 5.49. The Labute approximate surface area is 177 Å². The first-order chi connectivity index (χ1) is 13.7. The second-order valence-corrected chi connectivity index (χ2v) is 9.29. The van der Waals surface area contributed by atoms with Crippen LogP contribution in [0.4, 0.5) is 5.69 Å². The molecule has 0 aliphatic rings. The van der Waals surface area contributed by atoms with Crippen molar-refractivity contribution in [1.82, 2.24) is 19.8 Å². The summed E-state index contributed by atoms with van der Waals surface area (Å²) in [6, 6.07) is 14.2. The summed E-state index contributed by atoms with van der Waals surface area (Å²) in [6.07, 6.45) is 0. The van der Waals surface area contributed by atoms with Crippen molar-refractivity contribution in [2.45, 2.75) is 25.7 Å². The molecule has 4 rings (SSSR count). The van der Waals surface area contributed by atoms with Gasteiger partial charge >= 0.3 is 0 Å². The lowest BCUT2D eigenvalue weighted by Gasteiger charge is -2.13. The van der Waals surface area contributed by atoms with Crippen LogP contribution in [0.3, 0.4) is 0 Å². The number of aromatic nitrogens is 4. The van der Waals surface area contributed by atoms with Gasteiger partial charge in [-0.2, -0.15) is 9.61 Å². The smallest absolute Gasteiger partial charge is 0.262 e. The lowest BCUT2D eigenvalue weighted by molar-refractivity contribution is 0.600. The highest BCUT2D eigenvalue weighted by molar-refractivity contribution is 9.10. The Hall–Kier alpha value is -2.78. The third-order valence-corrected chi connectivity index (χ3v) is 7.02. The van der Waals surface area contributed by atoms with Gasteiger partial charge in [0.1, 0.15) is 0 Å². The molecule has 0 amide bonds. The largest absolute Gasteiger partial charge is 0.280 e. The van der Waals surface area contributed by atoms with Gasteiger partial charge in [0.25, 0.3) is 10.0 Å². The first-order valence-corrected chi connectivity index (χ1v) is 11.1. The van der Waals surface area contributed by atoms with Crippen molar-refractivity contribution >= 4 is 37.3 Å². The number of nitrogens with one attached hydrogen (secondary N) is 1. The maximum Gasteiger partial charge on any atom is 0.262 e. The maximum atomic E-state index is 13.1. The summed E-state index contributed by atoms with van der Waals surface area (Å²) < 4.78 is 31.3. The number of nitrogens with zero attached hydrogens (tertiary/aromatic N) is 4. The minimum absolute atomic E-state index is 0.206. The molecular formula is C20H18BrN5O2S. The monoisotopic (exact) mass is 471 g/mol. The molecule has 0 saturated carbocycles. The standard InChI is InChI=1S/C20H18BrN5O2S/c1-12-4-5-15(18-8-9-20-23-22-14(3)26(20)24-18)11-19(12)29(27,28)25-16-6-7-17(21)13(2)10-16/h4-11,25H,1-3H3. The molecule has 0 fully saturated rings. The normalized spacial score (nSPS) is 11.7. The molecule has 0 radical (unpaired) electrons. The van der Waals surface area contributed by atoms with E-state index in [0.29, 0.717) is 34.0 Å². The van der Waals surface area contributed by atoms with Gasteiger partial charge in [-0.05, 0) is 68.3 Å². The first-order valence-electron chi connectivity index (χ1n) is 8.84. The van der Waals surface area contributed by atoms with Gasteiger partial charge in [-0.25, -0.2) is 8.42 Å². The maximum absolute atomic E-state index is 13.1. The number of aryl methyl sites for hydroxylation is 3. The van der Waals surface area contributed by atoms with E-state index < -0.39 is 10.0 Å². The average Bonchev–Trinajstić information content (AvgIpc) is 3.05. The molecule has 0 bridgehead atoms. The van der Waals surface area contributed by atoms with Crippen LogP contribution in [0.15, 0.2) is 57.9 Å². The van der Waals surface area contributed by atoms with E-state index in [0.717, 1.165) is 10.0 Å². The zero-order valence-electron chi connectivity index (χ0n) is 16.0. The zero-order valence-corrected chi connectivity index (χ0v) is 18.4. The number of hydrogen-bond acceptors (Lipinski definition) is 5. The van der Waals surface area contributed by atoms with E-state index in [9.17, 15) is 8.42 Å². The quantitative estimate of drug-likeness (QED) is 0.479. The molecule has 1 N–H and O–H groups in total. The molecular weight excluding hydrogens is 454 g/mol. The number of hydrogen-bond donors (Lipinski definition) is 1. The van der Waals surface area contributed by atoms with E-state index in [1.807, 2.05) is 26.0 Å². The third-order valence-electron chi connectivity index (χ3n) is 4.60. The van der Waals surface area contributed by atoms with Crippen LogP contribution < -0.4 is 4.72 Å². The van der Waals surface area contributed by atoms with Gasteiger partial charge in [0, 0.05) is 15.7 Å². The summed E-state index contributed by atoms with van der Waals surface area (Å²) in [7, 11) is -3.77. The first kappa shape index (κ1) is 19.5. The van der Waals surface area contributed by atoms with Crippen LogP contribution >= 0.6 is 15.9 Å². The van der Waals surface area contributed by atoms with Crippen molar-refractivity contribution in [3.63, 3.8) is 0 Å². The van der Waals surface area contributed by atoms with Crippen LogP contribution in [-0.2, 0) is 10.0 Å². The molecule has 7 nitrogen and oxygen atoms in total. The van der Waals surface area contributed by atoms with Crippen molar-refractivity contribution in [3.8, 4) is 11.3 Å². The van der Waals surface area contributed by atoms with Gasteiger partial charge in [-0.1, -0.05) is 28.1 Å². The lowest BCUT2D eigenvalue weighted by atomic mass is 10.1. The zero-order chi connectivity index (χ0) is 20.8. The average molecular weight is 472 g/mol. The molecule has 4 aromatic rings. The van der Waals surface area contributed by atoms with Gasteiger partial charge in [0.05, 0.1) is 10.6 Å². The summed E-state index contributed by atoms with van der Waals surface area (Å²) in [5, 5.41) is 12.6. The summed E-state index contributed by atoms with van der Waals surface area (Å²) in [5.41, 5.74) is 4.07. The Morgan fingerprint density at radius 1 is 0.931 bits per heavy atom. The van der Waals surface area contributed by atoms with Crippen LogP contribution in [0.2, 0.25) is 0 Å². The highest BCUT2D eigenvalue weighted by Crippen LogP contribution is 2.27. The molecule has 9 heteroatoms. The fourth-order valence-electron chi connectivity index (χ4n) is 3.02. The molecule has 0 saturated heterocycles. The Kier molecular flexibility index (Phi) is 4.87. The minimum atomic E-state index is -3.77. The van der Waals surface area contributed by atoms with E-state index >= 15 is 0 Å². The summed E-state index contributed by atoms with van der Waals surface area (Å²) in [5.74, 6) is 0.661. The summed E-state index contributed by atoms with van der Waals surface area (Å²) >= 11 is 3.43. The molecule has 0 aliphatic carbocycles. The SMILES string of the molecule is Cc1cc(NS(=O)(=O)c2cc(-c3ccc4nnc(C)n4n3)ccc2C)ccc1Br. The number of benzene rings is 2. The van der Waals surface area contributed by atoms with E-state index in [2.05, 4.69) is 35.9 Å². The number of anilines is 1. The molecule has 0 atom stereocenters. The predicted octanol–water partition coefficient (Wildman–Crippen LogP) is 4.28. The molecule has 0 spiro atoms. The van der Waals surface area contributed by atoms with Gasteiger partial charge in [0.15, 0.2) is 11.5 Å². The van der Waals surface area contributed by atoms with Gasteiger partial charge in [-0.3, -0.25) is 4.72 Å². The molecule has 0 aliphatic heterocycles. The van der Waals surface area contributed by atoms with E-state index in [-0.39, 0.29) is 4.90 Å². The highest BCUT2D eigenvalue weighted by Gasteiger charge is 2.19. The van der Waals surface area contributed by atoms with Gasteiger partial charge in [0.2, 0.25) is 0 Å². The number of halogens is 1. The van der Waals surface area contributed by atoms with Crippen LogP contribution in [0.1, 0.15) is 17.0 Å². The molecule has 148 valence electrons. The minimum Gasteiger partial charge on any atom is -0.280 e. The summed E-state index contributed by atoms with van der Waals surface area (Å²) in [4.78, 5) is 0.206. The van der Waals surface area contributed by atoms with Crippen molar-refractivity contribution in [3.05, 3.63) is 70.0 Å². The Balaban J connectivity index is 1.75. The van der Waals surface area contributed by atoms with Crippen molar-refractivity contribution in [2.75, 3.05) is 4.72 Å². The second-order valence-electron chi connectivity index (χ2n) is 6.79. The fourth-order valence-corrected chi connectivity index (χ4v) is 4.59. The number of rotatable bonds is 4. The lowest BCUT2D eigenvalue weighted by Crippen LogP contribution is -2.14. The number of sulfonamides is 1. The van der Waals surface area contributed by atoms with Crippen LogP contribution in [0.5, 0.6) is 0 Å². The van der Waals surface area contributed by atoms with Crippen molar-refractivity contribution < 1.29 is 8.42 Å².